The number of amides is 1. The molecule has 1 fully saturated rings. The average molecular weight is 288 g/mol. The lowest BCUT2D eigenvalue weighted by atomic mass is 10.2. The number of nitrogens with one attached hydrogen (secondary N) is 1. The van der Waals surface area contributed by atoms with E-state index in [9.17, 15) is 4.79 Å². The summed E-state index contributed by atoms with van der Waals surface area (Å²) in [6.07, 6.45) is 1.73. The number of aromatic nitrogens is 2. The summed E-state index contributed by atoms with van der Waals surface area (Å²) in [6.45, 7) is 4.39. The van der Waals surface area contributed by atoms with Crippen LogP contribution in [0.4, 0.5) is 0 Å². The van der Waals surface area contributed by atoms with E-state index in [1.165, 1.54) is 11.3 Å². The first kappa shape index (κ1) is 13.2. The Morgan fingerprint density at radius 1 is 1.50 bits per heavy atom. The summed E-state index contributed by atoms with van der Waals surface area (Å²) in [6, 6.07) is 6.02. The Labute approximate surface area is 121 Å². The van der Waals surface area contributed by atoms with Crippen molar-refractivity contribution in [3.63, 3.8) is 0 Å². The van der Waals surface area contributed by atoms with Gasteiger partial charge in [-0.1, -0.05) is 6.07 Å². The Morgan fingerprint density at radius 3 is 3.15 bits per heavy atom. The highest BCUT2D eigenvalue weighted by atomic mass is 32.1. The van der Waals surface area contributed by atoms with Crippen LogP contribution in [0.25, 0.3) is 10.7 Å². The zero-order valence-electron chi connectivity index (χ0n) is 11.2. The lowest BCUT2D eigenvalue weighted by Gasteiger charge is -2.31. The standard InChI is InChI=1S/C14H16N4OS/c1-10-8-18(7-6-15-10)14(19)12-9-20-13(17-12)11-4-2-3-5-16-11/h2-5,9-10,15H,6-8H2,1H3/t10-/m1/s1. The Bertz CT molecular complexity index is 598. The second-order valence-corrected chi connectivity index (χ2v) is 5.72. The Kier molecular flexibility index (Phi) is 3.75. The van der Waals surface area contributed by atoms with E-state index in [2.05, 4.69) is 22.2 Å². The highest BCUT2D eigenvalue weighted by Crippen LogP contribution is 2.22. The van der Waals surface area contributed by atoms with E-state index in [0.717, 1.165) is 30.3 Å². The Balaban J connectivity index is 1.78. The van der Waals surface area contributed by atoms with Gasteiger partial charge in [-0.3, -0.25) is 9.78 Å². The maximum Gasteiger partial charge on any atom is 0.273 e. The largest absolute Gasteiger partial charge is 0.334 e. The van der Waals surface area contributed by atoms with Crippen LogP contribution in [-0.4, -0.2) is 46.5 Å². The van der Waals surface area contributed by atoms with Gasteiger partial charge in [-0.25, -0.2) is 4.98 Å². The molecule has 0 unspecified atom stereocenters. The molecule has 2 aromatic rings. The van der Waals surface area contributed by atoms with Crippen LogP contribution in [-0.2, 0) is 0 Å². The number of pyridine rings is 1. The summed E-state index contributed by atoms with van der Waals surface area (Å²) in [7, 11) is 0. The normalized spacial score (nSPS) is 19.1. The average Bonchev–Trinajstić information content (AvgIpc) is 2.97. The SMILES string of the molecule is C[C@@H]1CN(C(=O)c2csc(-c3ccccn3)n2)CCN1. The summed E-state index contributed by atoms with van der Waals surface area (Å²) in [5, 5.41) is 5.94. The second kappa shape index (κ2) is 5.68. The number of carbonyl (C=O) groups is 1. The molecule has 0 radical (unpaired) electrons. The molecule has 1 saturated heterocycles. The Morgan fingerprint density at radius 2 is 2.40 bits per heavy atom. The van der Waals surface area contributed by atoms with Crippen LogP contribution in [0, 0.1) is 0 Å². The van der Waals surface area contributed by atoms with Crippen LogP contribution in [0.2, 0.25) is 0 Å². The number of carbonyl (C=O) groups excluding carboxylic acids is 1. The van der Waals surface area contributed by atoms with Crippen molar-refractivity contribution in [3.8, 4) is 10.7 Å². The van der Waals surface area contributed by atoms with Crippen LogP contribution in [0.5, 0.6) is 0 Å². The number of hydrogen-bond donors (Lipinski definition) is 1. The van der Waals surface area contributed by atoms with Gasteiger partial charge in [0.25, 0.3) is 5.91 Å². The summed E-state index contributed by atoms with van der Waals surface area (Å²) in [4.78, 5) is 23.0. The van der Waals surface area contributed by atoms with E-state index in [0.29, 0.717) is 11.7 Å². The molecule has 0 bridgehead atoms. The van der Waals surface area contributed by atoms with Gasteiger partial charge in [-0.05, 0) is 19.1 Å². The maximum absolute atomic E-state index is 12.4. The molecule has 0 aliphatic carbocycles. The summed E-state index contributed by atoms with van der Waals surface area (Å²) < 4.78 is 0. The molecule has 1 aliphatic heterocycles. The van der Waals surface area contributed by atoms with Gasteiger partial charge in [-0.2, -0.15) is 0 Å². The molecule has 1 atom stereocenters. The molecule has 20 heavy (non-hydrogen) atoms. The van der Waals surface area contributed by atoms with Crippen LogP contribution in [0.3, 0.4) is 0 Å². The lowest BCUT2D eigenvalue weighted by Crippen LogP contribution is -2.51. The fraction of sp³-hybridized carbons (Fsp3) is 0.357. The molecular formula is C14H16N4OS. The summed E-state index contributed by atoms with van der Waals surface area (Å²) >= 11 is 1.46. The van der Waals surface area contributed by atoms with E-state index in [-0.39, 0.29) is 5.91 Å². The molecule has 1 aliphatic rings. The van der Waals surface area contributed by atoms with Gasteiger partial charge in [0, 0.05) is 37.3 Å². The van der Waals surface area contributed by atoms with E-state index < -0.39 is 0 Å². The minimum Gasteiger partial charge on any atom is -0.334 e. The lowest BCUT2D eigenvalue weighted by molar-refractivity contribution is 0.0704. The van der Waals surface area contributed by atoms with Crippen molar-refractivity contribution in [2.45, 2.75) is 13.0 Å². The van der Waals surface area contributed by atoms with Gasteiger partial charge in [0.1, 0.15) is 10.7 Å². The number of rotatable bonds is 2. The molecule has 0 aromatic carbocycles. The topological polar surface area (TPSA) is 58.1 Å². The molecule has 6 heteroatoms. The number of piperazine rings is 1. The van der Waals surface area contributed by atoms with Crippen LogP contribution in [0.15, 0.2) is 29.8 Å². The quantitative estimate of drug-likeness (QED) is 0.912. The first-order valence-corrected chi connectivity index (χ1v) is 7.51. The van der Waals surface area contributed by atoms with Crippen molar-refractivity contribution in [1.82, 2.24) is 20.2 Å². The van der Waals surface area contributed by atoms with Crippen molar-refractivity contribution in [2.75, 3.05) is 19.6 Å². The third-order valence-corrected chi connectivity index (χ3v) is 4.13. The van der Waals surface area contributed by atoms with Gasteiger partial charge in [0.15, 0.2) is 0 Å². The molecule has 1 amide bonds. The molecule has 3 heterocycles. The molecule has 5 nitrogen and oxygen atoms in total. The van der Waals surface area contributed by atoms with Crippen molar-refractivity contribution in [2.24, 2.45) is 0 Å². The molecule has 104 valence electrons. The second-order valence-electron chi connectivity index (χ2n) is 4.86. The van der Waals surface area contributed by atoms with E-state index in [1.54, 1.807) is 6.20 Å². The molecule has 0 saturated carbocycles. The zero-order chi connectivity index (χ0) is 13.9. The molecular weight excluding hydrogens is 272 g/mol. The smallest absolute Gasteiger partial charge is 0.273 e. The highest BCUT2D eigenvalue weighted by molar-refractivity contribution is 7.13. The minimum absolute atomic E-state index is 0.0109. The van der Waals surface area contributed by atoms with Gasteiger partial charge in [0.2, 0.25) is 0 Å². The number of nitrogens with zero attached hydrogens (tertiary/aromatic N) is 3. The monoisotopic (exact) mass is 288 g/mol. The predicted octanol–water partition coefficient (Wildman–Crippen LogP) is 1.64. The van der Waals surface area contributed by atoms with Gasteiger partial charge < -0.3 is 10.2 Å². The first-order chi connectivity index (χ1) is 9.74. The highest BCUT2D eigenvalue weighted by Gasteiger charge is 2.23. The molecule has 1 N–H and O–H groups in total. The number of thiazole rings is 1. The van der Waals surface area contributed by atoms with E-state index in [1.807, 2.05) is 28.5 Å². The Hall–Kier alpha value is -1.79. The van der Waals surface area contributed by atoms with Crippen molar-refractivity contribution in [1.29, 1.82) is 0 Å². The van der Waals surface area contributed by atoms with Gasteiger partial charge >= 0.3 is 0 Å². The van der Waals surface area contributed by atoms with Crippen LogP contribution in [0.1, 0.15) is 17.4 Å². The zero-order valence-corrected chi connectivity index (χ0v) is 12.1. The summed E-state index contributed by atoms with van der Waals surface area (Å²) in [5.74, 6) is 0.0109. The van der Waals surface area contributed by atoms with Crippen molar-refractivity contribution < 1.29 is 4.79 Å². The van der Waals surface area contributed by atoms with E-state index >= 15 is 0 Å². The van der Waals surface area contributed by atoms with Crippen molar-refractivity contribution in [3.05, 3.63) is 35.5 Å². The fourth-order valence-corrected chi connectivity index (χ4v) is 3.03. The van der Waals surface area contributed by atoms with Crippen LogP contribution >= 0.6 is 11.3 Å². The number of hydrogen-bond acceptors (Lipinski definition) is 5. The molecule has 3 rings (SSSR count). The molecule has 2 aromatic heterocycles. The third-order valence-electron chi connectivity index (χ3n) is 3.26. The van der Waals surface area contributed by atoms with Crippen LogP contribution < -0.4 is 5.32 Å². The first-order valence-electron chi connectivity index (χ1n) is 6.63. The van der Waals surface area contributed by atoms with Gasteiger partial charge in [-0.15, -0.1) is 11.3 Å². The molecule has 0 spiro atoms. The predicted molar refractivity (Wildman–Crippen MR) is 78.7 cm³/mol. The third kappa shape index (κ3) is 2.71. The maximum atomic E-state index is 12.4. The van der Waals surface area contributed by atoms with Crippen molar-refractivity contribution >= 4 is 17.2 Å². The summed E-state index contributed by atoms with van der Waals surface area (Å²) in [5.41, 5.74) is 1.33. The van der Waals surface area contributed by atoms with Gasteiger partial charge in [0.05, 0.1) is 5.69 Å². The van der Waals surface area contributed by atoms with E-state index in [4.69, 9.17) is 0 Å². The fourth-order valence-electron chi connectivity index (χ4n) is 2.26. The minimum atomic E-state index is 0.0109.